The molecule has 0 spiro atoms. The average Bonchev–Trinajstić information content (AvgIpc) is 2.98. The van der Waals surface area contributed by atoms with Crippen LogP contribution in [0.3, 0.4) is 0 Å². The van der Waals surface area contributed by atoms with E-state index in [0.29, 0.717) is 23.1 Å². The molecule has 1 aromatic heterocycles. The van der Waals surface area contributed by atoms with E-state index in [4.69, 9.17) is 14.0 Å². The van der Waals surface area contributed by atoms with Crippen molar-refractivity contribution >= 4 is 17.6 Å². The second-order valence-corrected chi connectivity index (χ2v) is 5.44. The first kappa shape index (κ1) is 18.3. The number of carbonyl (C=O) groups excluding carboxylic acids is 2. The summed E-state index contributed by atoms with van der Waals surface area (Å²) in [5, 5.41) is 6.29. The third kappa shape index (κ3) is 4.97. The van der Waals surface area contributed by atoms with Crippen LogP contribution < -0.4 is 14.8 Å². The minimum atomic E-state index is -0.357. The van der Waals surface area contributed by atoms with Crippen LogP contribution in [0.1, 0.15) is 18.2 Å². The number of aryl methyl sites for hydroxylation is 1. The Kier molecular flexibility index (Phi) is 5.99. The normalized spacial score (nSPS) is 10.2. The highest BCUT2D eigenvalue weighted by atomic mass is 16.5. The molecule has 8 nitrogen and oxygen atoms in total. The highest BCUT2D eigenvalue weighted by Gasteiger charge is 2.16. The monoisotopic (exact) mass is 347 g/mol. The predicted octanol–water partition coefficient (Wildman–Crippen LogP) is 1.99. The summed E-state index contributed by atoms with van der Waals surface area (Å²) in [6, 6.07) is 6.94. The number of nitrogens with one attached hydrogen (secondary N) is 1. The lowest BCUT2D eigenvalue weighted by Gasteiger charge is -2.21. The lowest BCUT2D eigenvalue weighted by molar-refractivity contribution is -0.133. The van der Waals surface area contributed by atoms with Gasteiger partial charge in [-0.05, 0) is 24.6 Å². The number of benzene rings is 1. The number of aromatic nitrogens is 1. The van der Waals surface area contributed by atoms with Gasteiger partial charge in [0.2, 0.25) is 11.8 Å². The smallest absolute Gasteiger partial charge is 0.245 e. The predicted molar refractivity (Wildman–Crippen MR) is 90.5 cm³/mol. The first-order chi connectivity index (χ1) is 11.9. The summed E-state index contributed by atoms with van der Waals surface area (Å²) in [6.07, 6.45) is 0. The van der Waals surface area contributed by atoms with Gasteiger partial charge in [0, 0.05) is 19.5 Å². The standard InChI is InChI=1S/C17H21N3O5/c1-11-7-16(19-25-11)18-17(22)10-20(12(2)21)9-13-5-6-14(23-3)15(8-13)24-4/h5-8H,9-10H2,1-4H3,(H,18,19,22). The zero-order chi connectivity index (χ0) is 18.4. The zero-order valence-electron chi connectivity index (χ0n) is 14.7. The molecule has 1 heterocycles. The second-order valence-electron chi connectivity index (χ2n) is 5.44. The van der Waals surface area contributed by atoms with E-state index in [1.54, 1.807) is 32.2 Å². The van der Waals surface area contributed by atoms with Gasteiger partial charge in [-0.25, -0.2) is 0 Å². The highest BCUT2D eigenvalue weighted by molar-refractivity contribution is 5.93. The van der Waals surface area contributed by atoms with Crippen molar-refractivity contribution in [2.75, 3.05) is 26.1 Å². The quantitative estimate of drug-likeness (QED) is 0.823. The number of anilines is 1. The molecular weight excluding hydrogens is 326 g/mol. The van der Waals surface area contributed by atoms with Crippen LogP contribution in [0.15, 0.2) is 28.8 Å². The summed E-state index contributed by atoms with van der Waals surface area (Å²) in [5.74, 6) is 1.48. The fourth-order valence-electron chi connectivity index (χ4n) is 2.26. The van der Waals surface area contributed by atoms with E-state index < -0.39 is 0 Å². The maximum Gasteiger partial charge on any atom is 0.245 e. The average molecular weight is 347 g/mol. The molecule has 25 heavy (non-hydrogen) atoms. The summed E-state index contributed by atoms with van der Waals surface area (Å²) in [6.45, 7) is 3.30. The number of hydrogen-bond acceptors (Lipinski definition) is 6. The molecule has 134 valence electrons. The van der Waals surface area contributed by atoms with Gasteiger partial charge >= 0.3 is 0 Å². The van der Waals surface area contributed by atoms with E-state index in [0.717, 1.165) is 5.56 Å². The van der Waals surface area contributed by atoms with Gasteiger partial charge in [-0.1, -0.05) is 11.2 Å². The van der Waals surface area contributed by atoms with Crippen LogP contribution in [0.2, 0.25) is 0 Å². The van der Waals surface area contributed by atoms with Gasteiger partial charge in [-0.15, -0.1) is 0 Å². The largest absolute Gasteiger partial charge is 0.493 e. The van der Waals surface area contributed by atoms with E-state index in [1.807, 2.05) is 6.07 Å². The molecule has 0 saturated carbocycles. The summed E-state index contributed by atoms with van der Waals surface area (Å²) < 4.78 is 15.3. The fraction of sp³-hybridized carbons (Fsp3) is 0.353. The van der Waals surface area contributed by atoms with Gasteiger partial charge in [0.05, 0.1) is 14.2 Å². The molecule has 2 rings (SSSR count). The van der Waals surface area contributed by atoms with Crippen molar-refractivity contribution < 1.29 is 23.6 Å². The number of nitrogens with zero attached hydrogens (tertiary/aromatic N) is 2. The number of hydrogen-bond donors (Lipinski definition) is 1. The first-order valence-electron chi connectivity index (χ1n) is 7.62. The lowest BCUT2D eigenvalue weighted by atomic mass is 10.2. The number of ether oxygens (including phenoxy) is 2. The number of methoxy groups -OCH3 is 2. The molecule has 1 N–H and O–H groups in total. The van der Waals surface area contributed by atoms with E-state index in [1.165, 1.54) is 18.9 Å². The maximum atomic E-state index is 12.1. The second kappa shape index (κ2) is 8.18. The Hall–Kier alpha value is -3.03. The molecule has 0 saturated heterocycles. The Bertz CT molecular complexity index is 756. The molecule has 0 atom stereocenters. The van der Waals surface area contributed by atoms with Crippen LogP contribution in [0, 0.1) is 6.92 Å². The first-order valence-corrected chi connectivity index (χ1v) is 7.62. The van der Waals surface area contributed by atoms with Crippen LogP contribution in [-0.2, 0) is 16.1 Å². The molecule has 0 aliphatic rings. The van der Waals surface area contributed by atoms with Crippen molar-refractivity contribution in [3.05, 3.63) is 35.6 Å². The van der Waals surface area contributed by atoms with Crippen molar-refractivity contribution in [3.63, 3.8) is 0 Å². The van der Waals surface area contributed by atoms with Gasteiger partial charge in [0.25, 0.3) is 0 Å². The highest BCUT2D eigenvalue weighted by Crippen LogP contribution is 2.28. The molecule has 0 aliphatic heterocycles. The number of rotatable bonds is 7. The van der Waals surface area contributed by atoms with Crippen molar-refractivity contribution in [1.82, 2.24) is 10.1 Å². The third-order valence-corrected chi connectivity index (χ3v) is 3.50. The van der Waals surface area contributed by atoms with Gasteiger partial charge < -0.3 is 24.2 Å². The molecule has 0 unspecified atom stereocenters. The van der Waals surface area contributed by atoms with Gasteiger partial charge in [-0.3, -0.25) is 9.59 Å². The van der Waals surface area contributed by atoms with Crippen LogP contribution in [0.5, 0.6) is 11.5 Å². The Balaban J connectivity index is 2.05. The summed E-state index contributed by atoms with van der Waals surface area (Å²) in [7, 11) is 3.09. The zero-order valence-corrected chi connectivity index (χ0v) is 14.7. The Labute approximate surface area is 145 Å². The van der Waals surface area contributed by atoms with Crippen molar-refractivity contribution in [1.29, 1.82) is 0 Å². The summed E-state index contributed by atoms with van der Waals surface area (Å²) in [4.78, 5) is 25.4. The molecule has 0 radical (unpaired) electrons. The SMILES string of the molecule is COc1ccc(CN(CC(=O)Nc2cc(C)on2)C(C)=O)cc1OC. The van der Waals surface area contributed by atoms with Gasteiger partial charge in [0.15, 0.2) is 17.3 Å². The lowest BCUT2D eigenvalue weighted by Crippen LogP contribution is -2.36. The minimum absolute atomic E-state index is 0.102. The molecule has 1 aromatic carbocycles. The van der Waals surface area contributed by atoms with E-state index in [2.05, 4.69) is 10.5 Å². The van der Waals surface area contributed by atoms with Crippen molar-refractivity contribution in [3.8, 4) is 11.5 Å². The van der Waals surface area contributed by atoms with Crippen molar-refractivity contribution in [2.24, 2.45) is 0 Å². The molecule has 2 aromatic rings. The number of carbonyl (C=O) groups is 2. The van der Waals surface area contributed by atoms with E-state index in [9.17, 15) is 9.59 Å². The minimum Gasteiger partial charge on any atom is -0.493 e. The number of amides is 2. The van der Waals surface area contributed by atoms with E-state index in [-0.39, 0.29) is 24.9 Å². The molecular formula is C17H21N3O5. The summed E-state index contributed by atoms with van der Waals surface area (Å²) >= 11 is 0. The van der Waals surface area contributed by atoms with Crippen LogP contribution >= 0.6 is 0 Å². The fourth-order valence-corrected chi connectivity index (χ4v) is 2.26. The molecule has 2 amide bonds. The van der Waals surface area contributed by atoms with Crippen LogP contribution in [0.4, 0.5) is 5.82 Å². The molecule has 0 fully saturated rings. The van der Waals surface area contributed by atoms with Gasteiger partial charge in [-0.2, -0.15) is 0 Å². The third-order valence-electron chi connectivity index (χ3n) is 3.50. The topological polar surface area (TPSA) is 93.9 Å². The molecule has 8 heteroatoms. The maximum absolute atomic E-state index is 12.1. The van der Waals surface area contributed by atoms with Crippen LogP contribution in [0.25, 0.3) is 0 Å². The molecule has 0 bridgehead atoms. The van der Waals surface area contributed by atoms with E-state index >= 15 is 0 Å². The Morgan fingerprint density at radius 1 is 1.20 bits per heavy atom. The Morgan fingerprint density at radius 3 is 2.48 bits per heavy atom. The van der Waals surface area contributed by atoms with Crippen LogP contribution in [-0.4, -0.2) is 42.6 Å². The summed E-state index contributed by atoms with van der Waals surface area (Å²) in [5.41, 5.74) is 0.818. The van der Waals surface area contributed by atoms with Crippen molar-refractivity contribution in [2.45, 2.75) is 20.4 Å². The molecule has 0 aliphatic carbocycles. The Morgan fingerprint density at radius 2 is 1.92 bits per heavy atom. The van der Waals surface area contributed by atoms with Gasteiger partial charge in [0.1, 0.15) is 12.3 Å².